The summed E-state index contributed by atoms with van der Waals surface area (Å²) in [5.41, 5.74) is 7.41. The Labute approximate surface area is 115 Å². The Bertz CT molecular complexity index is 436. The molecule has 0 radical (unpaired) electrons. The Hall–Kier alpha value is -1.55. The zero-order valence-corrected chi connectivity index (χ0v) is 12.2. The van der Waals surface area contributed by atoms with E-state index in [2.05, 4.69) is 5.32 Å². The van der Waals surface area contributed by atoms with Crippen molar-refractivity contribution in [2.75, 3.05) is 13.2 Å². The third-order valence-electron chi connectivity index (χ3n) is 2.57. The summed E-state index contributed by atoms with van der Waals surface area (Å²) in [5, 5.41) is 2.87. The maximum Gasteiger partial charge on any atom is 0.258 e. The predicted molar refractivity (Wildman–Crippen MR) is 77.3 cm³/mol. The van der Waals surface area contributed by atoms with Crippen LogP contribution in [0.15, 0.2) is 18.2 Å². The number of nitrogens with one attached hydrogen (secondary N) is 1. The van der Waals surface area contributed by atoms with E-state index in [1.807, 2.05) is 45.9 Å². The fraction of sp³-hybridized carbons (Fsp3) is 0.533. The maximum absolute atomic E-state index is 11.8. The van der Waals surface area contributed by atoms with Crippen LogP contribution in [0.4, 0.5) is 0 Å². The highest BCUT2D eigenvalue weighted by atomic mass is 16.5. The maximum atomic E-state index is 11.8. The van der Waals surface area contributed by atoms with Gasteiger partial charge in [-0.15, -0.1) is 0 Å². The van der Waals surface area contributed by atoms with Crippen LogP contribution in [0, 0.1) is 6.92 Å². The van der Waals surface area contributed by atoms with Gasteiger partial charge in [0.15, 0.2) is 6.61 Å². The van der Waals surface area contributed by atoms with E-state index in [4.69, 9.17) is 10.5 Å². The SMILES string of the molecule is Cc1cccc(CCN)c1OCC(=O)NC(C)(C)C. The normalized spacial score (nSPS) is 11.2. The van der Waals surface area contributed by atoms with Gasteiger partial charge in [-0.05, 0) is 51.8 Å². The standard InChI is InChI=1S/C15H24N2O2/c1-11-6-5-7-12(8-9-16)14(11)19-10-13(18)17-15(2,3)4/h5-7H,8-10,16H2,1-4H3,(H,17,18). The van der Waals surface area contributed by atoms with E-state index in [0.29, 0.717) is 6.54 Å². The van der Waals surface area contributed by atoms with E-state index in [0.717, 1.165) is 23.3 Å². The van der Waals surface area contributed by atoms with Crippen LogP contribution in [0.1, 0.15) is 31.9 Å². The molecule has 0 heterocycles. The summed E-state index contributed by atoms with van der Waals surface area (Å²) in [6.45, 7) is 8.39. The summed E-state index contributed by atoms with van der Waals surface area (Å²) in [7, 11) is 0. The van der Waals surface area contributed by atoms with Crippen molar-refractivity contribution in [1.29, 1.82) is 0 Å². The summed E-state index contributed by atoms with van der Waals surface area (Å²) < 4.78 is 5.66. The third-order valence-corrected chi connectivity index (χ3v) is 2.57. The van der Waals surface area contributed by atoms with Crippen molar-refractivity contribution in [3.05, 3.63) is 29.3 Å². The number of nitrogens with two attached hydrogens (primary N) is 1. The van der Waals surface area contributed by atoms with Gasteiger partial charge in [0, 0.05) is 5.54 Å². The first-order chi connectivity index (χ1) is 8.83. The number of amides is 1. The van der Waals surface area contributed by atoms with Crippen LogP contribution in [0.25, 0.3) is 0 Å². The smallest absolute Gasteiger partial charge is 0.258 e. The van der Waals surface area contributed by atoms with Gasteiger partial charge >= 0.3 is 0 Å². The number of aryl methyl sites for hydroxylation is 1. The summed E-state index contributed by atoms with van der Waals surface area (Å²) in [5.74, 6) is 0.659. The second kappa shape index (κ2) is 6.57. The molecule has 19 heavy (non-hydrogen) atoms. The second-order valence-corrected chi connectivity index (χ2v) is 5.69. The highest BCUT2D eigenvalue weighted by molar-refractivity contribution is 5.78. The van der Waals surface area contributed by atoms with Crippen LogP contribution in [-0.4, -0.2) is 24.6 Å². The van der Waals surface area contributed by atoms with Crippen molar-refractivity contribution in [1.82, 2.24) is 5.32 Å². The van der Waals surface area contributed by atoms with Gasteiger partial charge in [0.1, 0.15) is 5.75 Å². The Morgan fingerprint density at radius 3 is 2.63 bits per heavy atom. The molecule has 0 bridgehead atoms. The minimum Gasteiger partial charge on any atom is -0.483 e. The first-order valence-electron chi connectivity index (χ1n) is 6.56. The fourth-order valence-corrected chi connectivity index (χ4v) is 1.86. The van der Waals surface area contributed by atoms with E-state index in [9.17, 15) is 4.79 Å². The molecular weight excluding hydrogens is 240 g/mol. The van der Waals surface area contributed by atoms with Gasteiger partial charge in [0.05, 0.1) is 0 Å². The number of carbonyl (C=O) groups is 1. The highest BCUT2D eigenvalue weighted by Gasteiger charge is 2.15. The van der Waals surface area contributed by atoms with Crippen LogP contribution in [0.3, 0.4) is 0 Å². The minimum absolute atomic E-state index is 0.0275. The molecule has 0 aliphatic rings. The van der Waals surface area contributed by atoms with Gasteiger partial charge in [-0.1, -0.05) is 18.2 Å². The van der Waals surface area contributed by atoms with Crippen LogP contribution in [0.2, 0.25) is 0 Å². The quantitative estimate of drug-likeness (QED) is 0.852. The monoisotopic (exact) mass is 264 g/mol. The number of hydrogen-bond donors (Lipinski definition) is 2. The van der Waals surface area contributed by atoms with E-state index >= 15 is 0 Å². The van der Waals surface area contributed by atoms with Crippen molar-refractivity contribution in [3.63, 3.8) is 0 Å². The van der Waals surface area contributed by atoms with Crippen LogP contribution in [0.5, 0.6) is 5.75 Å². The highest BCUT2D eigenvalue weighted by Crippen LogP contribution is 2.23. The summed E-state index contributed by atoms with van der Waals surface area (Å²) in [4.78, 5) is 11.8. The molecule has 3 N–H and O–H groups in total. The Kier molecular flexibility index (Phi) is 5.36. The first kappa shape index (κ1) is 15.5. The lowest BCUT2D eigenvalue weighted by Crippen LogP contribution is -2.43. The molecular formula is C15H24N2O2. The summed E-state index contributed by atoms with van der Waals surface area (Å²) in [6.07, 6.45) is 0.748. The molecule has 0 saturated heterocycles. The number of rotatable bonds is 5. The summed E-state index contributed by atoms with van der Waals surface area (Å²) >= 11 is 0. The molecule has 4 nitrogen and oxygen atoms in total. The van der Waals surface area contributed by atoms with Gasteiger partial charge in [-0.3, -0.25) is 4.79 Å². The zero-order chi connectivity index (χ0) is 14.5. The second-order valence-electron chi connectivity index (χ2n) is 5.69. The van der Waals surface area contributed by atoms with E-state index in [-0.39, 0.29) is 18.1 Å². The Morgan fingerprint density at radius 1 is 1.37 bits per heavy atom. The summed E-state index contributed by atoms with van der Waals surface area (Å²) in [6, 6.07) is 5.93. The van der Waals surface area contributed by atoms with E-state index < -0.39 is 0 Å². The average Bonchev–Trinajstić information content (AvgIpc) is 2.26. The zero-order valence-electron chi connectivity index (χ0n) is 12.2. The topological polar surface area (TPSA) is 64.3 Å². The van der Waals surface area contributed by atoms with Crippen LogP contribution in [-0.2, 0) is 11.2 Å². The molecule has 0 spiro atoms. The molecule has 1 rings (SSSR count). The van der Waals surface area contributed by atoms with Crippen molar-refractivity contribution in [2.45, 2.75) is 39.7 Å². The number of carbonyl (C=O) groups excluding carboxylic acids is 1. The van der Waals surface area contributed by atoms with Crippen molar-refractivity contribution >= 4 is 5.91 Å². The van der Waals surface area contributed by atoms with Crippen molar-refractivity contribution in [2.24, 2.45) is 5.73 Å². The minimum atomic E-state index is -0.244. The fourth-order valence-electron chi connectivity index (χ4n) is 1.86. The lowest BCUT2D eigenvalue weighted by Gasteiger charge is -2.21. The Balaban J connectivity index is 2.69. The average molecular weight is 264 g/mol. The molecule has 0 aliphatic heterocycles. The molecule has 1 aromatic rings. The molecule has 0 fully saturated rings. The van der Waals surface area contributed by atoms with Gasteiger partial charge in [-0.2, -0.15) is 0 Å². The molecule has 0 saturated carbocycles. The van der Waals surface area contributed by atoms with Gasteiger partial charge < -0.3 is 15.8 Å². The Morgan fingerprint density at radius 2 is 2.05 bits per heavy atom. The van der Waals surface area contributed by atoms with E-state index in [1.165, 1.54) is 0 Å². The number of benzene rings is 1. The van der Waals surface area contributed by atoms with Gasteiger partial charge in [0.2, 0.25) is 0 Å². The first-order valence-corrected chi connectivity index (χ1v) is 6.56. The van der Waals surface area contributed by atoms with Crippen molar-refractivity contribution in [3.8, 4) is 5.75 Å². The van der Waals surface area contributed by atoms with E-state index in [1.54, 1.807) is 0 Å². The number of para-hydroxylation sites is 1. The van der Waals surface area contributed by atoms with Gasteiger partial charge in [-0.25, -0.2) is 0 Å². The lowest BCUT2D eigenvalue weighted by molar-refractivity contribution is -0.124. The predicted octanol–water partition coefficient (Wildman–Crippen LogP) is 1.79. The molecule has 4 heteroatoms. The molecule has 0 unspecified atom stereocenters. The van der Waals surface area contributed by atoms with Crippen LogP contribution >= 0.6 is 0 Å². The lowest BCUT2D eigenvalue weighted by atomic mass is 10.1. The van der Waals surface area contributed by atoms with Crippen LogP contribution < -0.4 is 15.8 Å². The molecule has 1 aromatic carbocycles. The molecule has 0 atom stereocenters. The molecule has 0 aromatic heterocycles. The number of ether oxygens (including phenoxy) is 1. The number of hydrogen-bond acceptors (Lipinski definition) is 3. The molecule has 106 valence electrons. The molecule has 0 aliphatic carbocycles. The van der Waals surface area contributed by atoms with Gasteiger partial charge in [0.25, 0.3) is 5.91 Å². The third kappa shape index (κ3) is 5.30. The van der Waals surface area contributed by atoms with Crippen molar-refractivity contribution < 1.29 is 9.53 Å². The largest absolute Gasteiger partial charge is 0.483 e. The molecule has 1 amide bonds.